The Labute approximate surface area is 118 Å². The smallest absolute Gasteiger partial charge is 0.223 e. The van der Waals surface area contributed by atoms with E-state index in [-0.39, 0.29) is 11.9 Å². The third-order valence-electron chi connectivity index (χ3n) is 2.96. The Morgan fingerprint density at radius 1 is 1.20 bits per heavy atom. The van der Waals surface area contributed by atoms with Crippen LogP contribution in [-0.4, -0.2) is 38.2 Å². The van der Waals surface area contributed by atoms with Crippen LogP contribution in [0.4, 0.5) is 11.4 Å². The van der Waals surface area contributed by atoms with E-state index in [1.54, 1.807) is 0 Å². The van der Waals surface area contributed by atoms with E-state index in [9.17, 15) is 0 Å². The van der Waals surface area contributed by atoms with E-state index in [2.05, 4.69) is 14.9 Å². The standard InChI is InChI=1S/C13H20N6O/c1-9-2-3-11(19-4-6-20-7-5-19)10(8-9)17-13(16)18-12(14)15/h2-3,8H,4-7H2,1H3,(H6,14,15,16,17,18). The number of nitrogens with zero attached hydrogens (tertiary/aromatic N) is 3. The molecule has 0 atom stereocenters. The fourth-order valence-corrected chi connectivity index (χ4v) is 2.08. The van der Waals surface area contributed by atoms with Crippen molar-refractivity contribution in [1.29, 1.82) is 0 Å². The van der Waals surface area contributed by atoms with Crippen molar-refractivity contribution in [2.75, 3.05) is 31.2 Å². The SMILES string of the molecule is Cc1ccc(N2CCOCC2)c(N=C(N)N=C(N)N)c1. The number of anilines is 1. The topological polar surface area (TPSA) is 115 Å². The number of nitrogens with two attached hydrogens (primary N) is 3. The van der Waals surface area contributed by atoms with Crippen LogP contribution < -0.4 is 22.1 Å². The molecule has 1 aromatic carbocycles. The number of aryl methyl sites for hydroxylation is 1. The Kier molecular flexibility index (Phi) is 4.41. The highest BCUT2D eigenvalue weighted by Crippen LogP contribution is 2.30. The van der Waals surface area contributed by atoms with Crippen molar-refractivity contribution in [3.8, 4) is 0 Å². The van der Waals surface area contributed by atoms with E-state index in [4.69, 9.17) is 21.9 Å². The largest absolute Gasteiger partial charge is 0.378 e. The summed E-state index contributed by atoms with van der Waals surface area (Å²) in [5.41, 5.74) is 19.2. The number of benzene rings is 1. The number of hydrogen-bond donors (Lipinski definition) is 3. The molecule has 1 aromatic rings. The van der Waals surface area contributed by atoms with Crippen molar-refractivity contribution in [2.24, 2.45) is 27.2 Å². The minimum Gasteiger partial charge on any atom is -0.378 e. The predicted molar refractivity (Wildman–Crippen MR) is 81.3 cm³/mol. The monoisotopic (exact) mass is 276 g/mol. The second kappa shape index (κ2) is 6.25. The van der Waals surface area contributed by atoms with Crippen molar-refractivity contribution in [3.63, 3.8) is 0 Å². The molecule has 0 saturated carbocycles. The Bertz CT molecular complexity index is 530. The van der Waals surface area contributed by atoms with Gasteiger partial charge in [0.2, 0.25) is 5.96 Å². The Morgan fingerprint density at radius 3 is 2.55 bits per heavy atom. The van der Waals surface area contributed by atoms with Crippen LogP contribution in [-0.2, 0) is 4.74 Å². The van der Waals surface area contributed by atoms with Gasteiger partial charge in [0.15, 0.2) is 5.96 Å². The molecule has 7 nitrogen and oxygen atoms in total. The Balaban J connectivity index is 2.35. The van der Waals surface area contributed by atoms with Gasteiger partial charge in [-0.3, -0.25) is 0 Å². The zero-order valence-corrected chi connectivity index (χ0v) is 11.5. The second-order valence-electron chi connectivity index (χ2n) is 4.60. The van der Waals surface area contributed by atoms with Gasteiger partial charge in [-0.15, -0.1) is 0 Å². The summed E-state index contributed by atoms with van der Waals surface area (Å²) in [5, 5.41) is 0. The van der Waals surface area contributed by atoms with Crippen LogP contribution in [0.25, 0.3) is 0 Å². The molecule has 1 heterocycles. The fraction of sp³-hybridized carbons (Fsp3) is 0.385. The Hall–Kier alpha value is -2.28. The van der Waals surface area contributed by atoms with Gasteiger partial charge in [-0.1, -0.05) is 6.07 Å². The Morgan fingerprint density at radius 2 is 1.90 bits per heavy atom. The normalized spacial score (nSPS) is 16.1. The number of morpholine rings is 1. The minimum atomic E-state index is -0.105. The molecule has 0 amide bonds. The van der Waals surface area contributed by atoms with Gasteiger partial charge < -0.3 is 26.8 Å². The van der Waals surface area contributed by atoms with E-state index in [0.717, 1.165) is 30.0 Å². The zero-order valence-electron chi connectivity index (χ0n) is 11.5. The lowest BCUT2D eigenvalue weighted by molar-refractivity contribution is 0.123. The number of aliphatic imine (C=N–C) groups is 2. The molecular weight excluding hydrogens is 256 g/mol. The van der Waals surface area contributed by atoms with Crippen LogP contribution in [0.2, 0.25) is 0 Å². The van der Waals surface area contributed by atoms with Crippen LogP contribution >= 0.6 is 0 Å². The molecule has 7 heteroatoms. The molecule has 108 valence electrons. The highest BCUT2D eigenvalue weighted by atomic mass is 16.5. The van der Waals surface area contributed by atoms with Gasteiger partial charge in [0, 0.05) is 13.1 Å². The molecule has 0 bridgehead atoms. The summed E-state index contributed by atoms with van der Waals surface area (Å²) in [6.07, 6.45) is 0. The van der Waals surface area contributed by atoms with Gasteiger partial charge in [-0.25, -0.2) is 4.99 Å². The molecular formula is C13H20N6O. The lowest BCUT2D eigenvalue weighted by Crippen LogP contribution is -2.36. The first-order valence-corrected chi connectivity index (χ1v) is 6.43. The highest BCUT2D eigenvalue weighted by molar-refractivity contribution is 5.94. The first kappa shape index (κ1) is 14.1. The van der Waals surface area contributed by atoms with Crippen LogP contribution in [0, 0.1) is 6.92 Å². The van der Waals surface area contributed by atoms with E-state index in [1.165, 1.54) is 0 Å². The predicted octanol–water partition coefficient (Wildman–Crippen LogP) is 0.0512. The van der Waals surface area contributed by atoms with E-state index < -0.39 is 0 Å². The molecule has 0 radical (unpaired) electrons. The molecule has 6 N–H and O–H groups in total. The molecule has 20 heavy (non-hydrogen) atoms. The summed E-state index contributed by atoms with van der Waals surface area (Å²) in [7, 11) is 0. The summed E-state index contributed by atoms with van der Waals surface area (Å²) in [5.74, 6) is -0.0584. The summed E-state index contributed by atoms with van der Waals surface area (Å²) < 4.78 is 5.36. The zero-order chi connectivity index (χ0) is 14.5. The molecule has 0 aliphatic carbocycles. The number of hydrogen-bond acceptors (Lipinski definition) is 3. The van der Waals surface area contributed by atoms with Crippen LogP contribution in [0.1, 0.15) is 5.56 Å². The lowest BCUT2D eigenvalue weighted by atomic mass is 10.1. The van der Waals surface area contributed by atoms with Gasteiger partial charge in [-0.2, -0.15) is 4.99 Å². The van der Waals surface area contributed by atoms with E-state index >= 15 is 0 Å². The van der Waals surface area contributed by atoms with E-state index in [1.807, 2.05) is 25.1 Å². The molecule has 0 unspecified atom stereocenters. The second-order valence-corrected chi connectivity index (χ2v) is 4.60. The van der Waals surface area contributed by atoms with Gasteiger partial charge in [0.05, 0.1) is 24.6 Å². The maximum Gasteiger partial charge on any atom is 0.223 e. The van der Waals surface area contributed by atoms with Crippen LogP contribution in [0.5, 0.6) is 0 Å². The summed E-state index contributed by atoms with van der Waals surface area (Å²) >= 11 is 0. The third-order valence-corrected chi connectivity index (χ3v) is 2.96. The molecule has 1 fully saturated rings. The molecule has 1 aliphatic rings. The molecule has 0 spiro atoms. The lowest BCUT2D eigenvalue weighted by Gasteiger charge is -2.29. The molecule has 1 aliphatic heterocycles. The average Bonchev–Trinajstić information content (AvgIpc) is 2.39. The van der Waals surface area contributed by atoms with Crippen molar-refractivity contribution < 1.29 is 4.74 Å². The first-order valence-electron chi connectivity index (χ1n) is 6.43. The van der Waals surface area contributed by atoms with E-state index in [0.29, 0.717) is 13.2 Å². The minimum absolute atomic E-state index is 0.0464. The quantitative estimate of drug-likeness (QED) is 0.521. The van der Waals surface area contributed by atoms with Crippen molar-refractivity contribution >= 4 is 23.3 Å². The van der Waals surface area contributed by atoms with Gasteiger partial charge >= 0.3 is 0 Å². The fourth-order valence-electron chi connectivity index (χ4n) is 2.08. The van der Waals surface area contributed by atoms with Crippen molar-refractivity contribution in [3.05, 3.63) is 23.8 Å². The average molecular weight is 276 g/mol. The van der Waals surface area contributed by atoms with Crippen molar-refractivity contribution in [1.82, 2.24) is 0 Å². The van der Waals surface area contributed by atoms with Crippen LogP contribution in [0.15, 0.2) is 28.2 Å². The summed E-state index contributed by atoms with van der Waals surface area (Å²) in [6, 6.07) is 6.03. The molecule has 1 saturated heterocycles. The molecule has 0 aromatic heterocycles. The highest BCUT2D eigenvalue weighted by Gasteiger charge is 2.14. The maximum atomic E-state index is 5.71. The van der Waals surface area contributed by atoms with Crippen molar-refractivity contribution in [2.45, 2.75) is 6.92 Å². The van der Waals surface area contributed by atoms with Gasteiger partial charge in [0.1, 0.15) is 0 Å². The summed E-state index contributed by atoms with van der Waals surface area (Å²) in [4.78, 5) is 10.3. The maximum absolute atomic E-state index is 5.71. The number of guanidine groups is 2. The third kappa shape index (κ3) is 3.61. The molecule has 2 rings (SSSR count). The number of ether oxygens (including phenoxy) is 1. The summed E-state index contributed by atoms with van der Waals surface area (Å²) in [6.45, 7) is 5.07. The first-order chi connectivity index (χ1) is 9.56. The van der Waals surface area contributed by atoms with Crippen LogP contribution in [0.3, 0.4) is 0 Å². The van der Waals surface area contributed by atoms with Gasteiger partial charge in [-0.05, 0) is 24.6 Å². The van der Waals surface area contributed by atoms with Gasteiger partial charge in [0.25, 0.3) is 0 Å². The number of rotatable bonds is 2.